The summed E-state index contributed by atoms with van der Waals surface area (Å²) in [5.41, 5.74) is 0. The van der Waals surface area contributed by atoms with Gasteiger partial charge in [-0.3, -0.25) is 4.79 Å². The zero-order valence-corrected chi connectivity index (χ0v) is 11.6. The maximum Gasteiger partial charge on any atom is 0.236 e. The summed E-state index contributed by atoms with van der Waals surface area (Å²) in [6.07, 6.45) is 0. The predicted octanol–water partition coefficient (Wildman–Crippen LogP) is 1.55. The molecule has 0 bridgehead atoms. The third kappa shape index (κ3) is 5.19. The molecule has 1 aromatic carbocycles. The number of amides is 1. The number of halogens is 1. The van der Waals surface area contributed by atoms with Gasteiger partial charge in [-0.15, -0.1) is 0 Å². The lowest BCUT2D eigenvalue weighted by Crippen LogP contribution is -2.42. The molecule has 1 aromatic rings. The lowest BCUT2D eigenvalue weighted by Gasteiger charge is -2.12. The van der Waals surface area contributed by atoms with Gasteiger partial charge >= 0.3 is 0 Å². The molecule has 1 unspecified atom stereocenters. The Morgan fingerprint density at radius 1 is 1.53 bits per heavy atom. The molecule has 0 fully saturated rings. The fourth-order valence-electron chi connectivity index (χ4n) is 1.31. The first-order valence-electron chi connectivity index (χ1n) is 5.47. The summed E-state index contributed by atoms with van der Waals surface area (Å²) in [5, 5.41) is 5.65. The summed E-state index contributed by atoms with van der Waals surface area (Å²) < 4.78 is 6.51. The minimum absolute atomic E-state index is 0.0209. The van der Waals surface area contributed by atoms with Crippen LogP contribution in [-0.2, 0) is 4.79 Å². The van der Waals surface area contributed by atoms with Crippen LogP contribution in [0.1, 0.15) is 6.92 Å². The van der Waals surface area contributed by atoms with Gasteiger partial charge in [0.15, 0.2) is 0 Å². The van der Waals surface area contributed by atoms with Crippen molar-refractivity contribution in [2.45, 2.75) is 13.0 Å². The van der Waals surface area contributed by atoms with E-state index in [1.165, 1.54) is 0 Å². The third-order valence-corrected chi connectivity index (χ3v) is 2.75. The topological polar surface area (TPSA) is 50.4 Å². The van der Waals surface area contributed by atoms with Crippen molar-refractivity contribution < 1.29 is 9.53 Å². The van der Waals surface area contributed by atoms with E-state index in [1.54, 1.807) is 7.05 Å². The predicted molar refractivity (Wildman–Crippen MR) is 71.2 cm³/mol. The van der Waals surface area contributed by atoms with Gasteiger partial charge in [-0.05, 0) is 25.1 Å². The number of rotatable bonds is 6. The number of ether oxygens (including phenoxy) is 1. The summed E-state index contributed by atoms with van der Waals surface area (Å²) in [6, 6.07) is 7.46. The zero-order valence-electron chi connectivity index (χ0n) is 10.00. The Morgan fingerprint density at radius 3 is 2.94 bits per heavy atom. The van der Waals surface area contributed by atoms with Crippen LogP contribution in [0.3, 0.4) is 0 Å². The van der Waals surface area contributed by atoms with E-state index in [2.05, 4.69) is 26.6 Å². The highest BCUT2D eigenvalue weighted by Gasteiger charge is 2.08. The van der Waals surface area contributed by atoms with E-state index in [0.29, 0.717) is 13.2 Å². The second kappa shape index (κ2) is 7.29. The lowest BCUT2D eigenvalue weighted by atomic mass is 10.3. The smallest absolute Gasteiger partial charge is 0.236 e. The van der Waals surface area contributed by atoms with Crippen molar-refractivity contribution in [3.05, 3.63) is 28.7 Å². The molecule has 1 atom stereocenters. The van der Waals surface area contributed by atoms with Crippen LogP contribution in [0.2, 0.25) is 0 Å². The quantitative estimate of drug-likeness (QED) is 0.784. The zero-order chi connectivity index (χ0) is 12.7. The normalized spacial score (nSPS) is 11.9. The molecule has 94 valence electrons. The molecule has 1 amide bonds. The molecular weight excluding hydrogens is 284 g/mol. The van der Waals surface area contributed by atoms with Gasteiger partial charge in [0.05, 0.1) is 6.04 Å². The Hall–Kier alpha value is -1.07. The third-order valence-electron chi connectivity index (χ3n) is 2.26. The monoisotopic (exact) mass is 300 g/mol. The molecule has 0 aliphatic heterocycles. The molecule has 17 heavy (non-hydrogen) atoms. The average molecular weight is 301 g/mol. The van der Waals surface area contributed by atoms with Crippen LogP contribution in [0.4, 0.5) is 0 Å². The molecule has 0 radical (unpaired) electrons. The lowest BCUT2D eigenvalue weighted by molar-refractivity contribution is -0.122. The van der Waals surface area contributed by atoms with E-state index in [0.717, 1.165) is 10.2 Å². The van der Waals surface area contributed by atoms with Crippen molar-refractivity contribution >= 4 is 21.8 Å². The first-order chi connectivity index (χ1) is 8.13. The summed E-state index contributed by atoms with van der Waals surface area (Å²) in [6.45, 7) is 2.97. The standard InChI is InChI=1S/C12H17BrN2O2/c1-9(12(16)14-2)15-6-7-17-11-5-3-4-10(13)8-11/h3-5,8-9,15H,6-7H2,1-2H3,(H,14,16). The average Bonchev–Trinajstić information content (AvgIpc) is 2.33. The van der Waals surface area contributed by atoms with Crippen LogP contribution in [0.15, 0.2) is 28.7 Å². The summed E-state index contributed by atoms with van der Waals surface area (Å²) in [5.74, 6) is 0.793. The maximum atomic E-state index is 11.2. The first kappa shape index (κ1) is 14.0. The summed E-state index contributed by atoms with van der Waals surface area (Å²) in [4.78, 5) is 11.2. The van der Waals surface area contributed by atoms with Crippen LogP contribution in [-0.4, -0.2) is 32.1 Å². The number of benzene rings is 1. The first-order valence-corrected chi connectivity index (χ1v) is 6.26. The minimum Gasteiger partial charge on any atom is -0.492 e. The van der Waals surface area contributed by atoms with E-state index in [4.69, 9.17) is 4.74 Å². The van der Waals surface area contributed by atoms with Gasteiger partial charge in [0.2, 0.25) is 5.91 Å². The Morgan fingerprint density at radius 2 is 2.29 bits per heavy atom. The van der Waals surface area contributed by atoms with E-state index < -0.39 is 0 Å². The molecule has 0 saturated heterocycles. The molecule has 4 nitrogen and oxygen atoms in total. The molecule has 0 spiro atoms. The molecule has 0 saturated carbocycles. The summed E-state index contributed by atoms with van der Waals surface area (Å²) in [7, 11) is 1.62. The molecule has 1 rings (SSSR count). The molecule has 0 aliphatic rings. The molecule has 5 heteroatoms. The Balaban J connectivity index is 2.22. The summed E-state index contributed by atoms with van der Waals surface area (Å²) >= 11 is 3.37. The molecule has 0 aliphatic carbocycles. The Labute approximate surface area is 110 Å². The fraction of sp³-hybridized carbons (Fsp3) is 0.417. The van der Waals surface area contributed by atoms with Gasteiger partial charge in [0.1, 0.15) is 12.4 Å². The second-order valence-electron chi connectivity index (χ2n) is 3.60. The van der Waals surface area contributed by atoms with Crippen LogP contribution in [0, 0.1) is 0 Å². The number of nitrogens with one attached hydrogen (secondary N) is 2. The molecule has 0 heterocycles. The maximum absolute atomic E-state index is 11.2. The number of carbonyl (C=O) groups excluding carboxylic acids is 1. The van der Waals surface area contributed by atoms with Gasteiger partial charge in [0.25, 0.3) is 0 Å². The van der Waals surface area contributed by atoms with Crippen LogP contribution < -0.4 is 15.4 Å². The van der Waals surface area contributed by atoms with E-state index in [-0.39, 0.29) is 11.9 Å². The number of hydrogen-bond acceptors (Lipinski definition) is 3. The van der Waals surface area contributed by atoms with Crippen LogP contribution >= 0.6 is 15.9 Å². The van der Waals surface area contributed by atoms with Crippen molar-refractivity contribution in [3.63, 3.8) is 0 Å². The minimum atomic E-state index is -0.203. The van der Waals surface area contributed by atoms with E-state index >= 15 is 0 Å². The van der Waals surface area contributed by atoms with Gasteiger partial charge in [-0.1, -0.05) is 22.0 Å². The van der Waals surface area contributed by atoms with Gasteiger partial charge in [-0.25, -0.2) is 0 Å². The second-order valence-corrected chi connectivity index (χ2v) is 4.51. The number of carbonyl (C=O) groups is 1. The van der Waals surface area contributed by atoms with Crippen molar-refractivity contribution in [1.29, 1.82) is 0 Å². The molecular formula is C12H17BrN2O2. The van der Waals surface area contributed by atoms with Crippen LogP contribution in [0.5, 0.6) is 5.75 Å². The Kier molecular flexibility index (Phi) is 6.00. The van der Waals surface area contributed by atoms with Gasteiger partial charge in [0, 0.05) is 18.1 Å². The highest BCUT2D eigenvalue weighted by molar-refractivity contribution is 9.10. The van der Waals surface area contributed by atoms with E-state index in [9.17, 15) is 4.79 Å². The highest BCUT2D eigenvalue weighted by Crippen LogP contribution is 2.17. The van der Waals surface area contributed by atoms with Crippen molar-refractivity contribution in [3.8, 4) is 5.75 Å². The van der Waals surface area contributed by atoms with Gasteiger partial charge in [-0.2, -0.15) is 0 Å². The number of likely N-dealkylation sites (N-methyl/N-ethyl adjacent to an activating group) is 1. The largest absolute Gasteiger partial charge is 0.492 e. The fourth-order valence-corrected chi connectivity index (χ4v) is 1.69. The Bertz CT molecular complexity index is 371. The van der Waals surface area contributed by atoms with Crippen molar-refractivity contribution in [2.24, 2.45) is 0 Å². The van der Waals surface area contributed by atoms with Crippen LogP contribution in [0.25, 0.3) is 0 Å². The SMILES string of the molecule is CNC(=O)C(C)NCCOc1cccc(Br)c1. The van der Waals surface area contributed by atoms with Crippen molar-refractivity contribution in [1.82, 2.24) is 10.6 Å². The molecule has 0 aromatic heterocycles. The van der Waals surface area contributed by atoms with Gasteiger partial charge < -0.3 is 15.4 Å². The highest BCUT2D eigenvalue weighted by atomic mass is 79.9. The van der Waals surface area contributed by atoms with Crippen molar-refractivity contribution in [2.75, 3.05) is 20.2 Å². The number of hydrogen-bond donors (Lipinski definition) is 2. The molecule has 2 N–H and O–H groups in total. The van der Waals surface area contributed by atoms with E-state index in [1.807, 2.05) is 31.2 Å².